The molecule has 8 heteroatoms. The zero-order valence-corrected chi connectivity index (χ0v) is 15.4. The van der Waals surface area contributed by atoms with Gasteiger partial charge in [-0.1, -0.05) is 36.4 Å². The molecule has 0 radical (unpaired) electrons. The van der Waals surface area contributed by atoms with Crippen LogP contribution in [0.2, 0.25) is 0 Å². The second kappa shape index (κ2) is 7.66. The van der Waals surface area contributed by atoms with Crippen molar-refractivity contribution in [1.29, 1.82) is 0 Å². The molecule has 2 aliphatic heterocycles. The molecule has 0 aliphatic carbocycles. The van der Waals surface area contributed by atoms with Crippen LogP contribution in [0.15, 0.2) is 48.5 Å². The third kappa shape index (κ3) is 3.35. The maximum Gasteiger partial charge on any atom is 0.261 e. The van der Waals surface area contributed by atoms with Gasteiger partial charge in [0.25, 0.3) is 11.8 Å². The van der Waals surface area contributed by atoms with Crippen molar-refractivity contribution >= 4 is 11.8 Å². The zero-order valence-electron chi connectivity index (χ0n) is 15.4. The molecule has 29 heavy (non-hydrogen) atoms. The lowest BCUT2D eigenvalue weighted by atomic mass is 9.90. The number of amides is 2. The number of hydrogen-bond acceptors (Lipinski definition) is 7. The zero-order chi connectivity index (χ0) is 20.7. The summed E-state index contributed by atoms with van der Waals surface area (Å²) in [6, 6.07) is 13.4. The number of aliphatic hydroxyl groups is 4. The summed E-state index contributed by atoms with van der Waals surface area (Å²) in [5, 5.41) is 39.6. The molecule has 4 N–H and O–H groups in total. The van der Waals surface area contributed by atoms with Crippen molar-refractivity contribution in [2.45, 2.75) is 37.1 Å². The molecule has 0 spiro atoms. The van der Waals surface area contributed by atoms with E-state index in [9.17, 15) is 30.0 Å². The Morgan fingerprint density at radius 2 is 1.52 bits per heavy atom. The number of hydrogen-bond donors (Lipinski definition) is 4. The Balaban J connectivity index is 1.57. The highest BCUT2D eigenvalue weighted by Crippen LogP contribution is 2.33. The Labute approximate surface area is 166 Å². The molecular formula is C21H21NO7. The van der Waals surface area contributed by atoms with E-state index in [-0.39, 0.29) is 18.4 Å². The van der Waals surface area contributed by atoms with Crippen molar-refractivity contribution in [3.8, 4) is 0 Å². The standard InChI is InChI=1S/C21H21NO7/c23-10-15-16(24)17(25)18(26)19(29-15)12-5-3-4-11(8-12)9-22-20(27)13-6-1-2-7-14(13)21(22)28/h1-8,15-19,23-26H,9-10H2/t15-,16-,17?,18-,19?/m1/s1. The minimum Gasteiger partial charge on any atom is -0.394 e. The van der Waals surface area contributed by atoms with Crippen LogP contribution in [-0.4, -0.2) is 68.2 Å². The molecule has 2 heterocycles. The summed E-state index contributed by atoms with van der Waals surface area (Å²) >= 11 is 0. The molecule has 0 bridgehead atoms. The topological polar surface area (TPSA) is 128 Å². The van der Waals surface area contributed by atoms with Gasteiger partial charge in [-0.2, -0.15) is 0 Å². The van der Waals surface area contributed by atoms with Crippen LogP contribution in [0.3, 0.4) is 0 Å². The minimum atomic E-state index is -1.48. The molecule has 2 aromatic rings. The van der Waals surface area contributed by atoms with Gasteiger partial charge in [-0.3, -0.25) is 14.5 Å². The number of benzene rings is 2. The van der Waals surface area contributed by atoms with Gasteiger partial charge in [0.2, 0.25) is 0 Å². The Kier molecular flexibility index (Phi) is 5.20. The van der Waals surface area contributed by atoms with Gasteiger partial charge in [0, 0.05) is 0 Å². The Hall–Kier alpha value is -2.62. The van der Waals surface area contributed by atoms with Gasteiger partial charge in [-0.25, -0.2) is 0 Å². The number of rotatable bonds is 4. The lowest BCUT2D eigenvalue weighted by molar-refractivity contribution is -0.231. The number of ether oxygens (including phenoxy) is 1. The summed E-state index contributed by atoms with van der Waals surface area (Å²) in [4.78, 5) is 26.3. The summed E-state index contributed by atoms with van der Waals surface area (Å²) in [6.45, 7) is -0.478. The van der Waals surface area contributed by atoms with Crippen LogP contribution in [0.5, 0.6) is 0 Å². The lowest BCUT2D eigenvalue weighted by Gasteiger charge is -2.40. The average molecular weight is 399 g/mol. The predicted molar refractivity (Wildman–Crippen MR) is 99.8 cm³/mol. The first kappa shape index (κ1) is 19.7. The Bertz CT molecular complexity index is 909. The first-order valence-corrected chi connectivity index (χ1v) is 9.27. The molecular weight excluding hydrogens is 378 g/mol. The van der Waals surface area contributed by atoms with E-state index in [0.29, 0.717) is 22.3 Å². The highest BCUT2D eigenvalue weighted by Gasteiger charge is 2.44. The average Bonchev–Trinajstić information content (AvgIpc) is 2.98. The summed E-state index contributed by atoms with van der Waals surface area (Å²) in [7, 11) is 0. The molecule has 0 saturated carbocycles. The molecule has 152 valence electrons. The van der Waals surface area contributed by atoms with E-state index in [1.165, 1.54) is 0 Å². The van der Waals surface area contributed by atoms with E-state index in [1.807, 2.05) is 0 Å². The smallest absolute Gasteiger partial charge is 0.261 e. The van der Waals surface area contributed by atoms with Gasteiger partial charge < -0.3 is 25.2 Å². The van der Waals surface area contributed by atoms with Crippen LogP contribution >= 0.6 is 0 Å². The fraction of sp³-hybridized carbons (Fsp3) is 0.333. The largest absolute Gasteiger partial charge is 0.394 e. The highest BCUT2D eigenvalue weighted by molar-refractivity contribution is 6.21. The molecule has 2 amide bonds. The Morgan fingerprint density at radius 3 is 2.14 bits per heavy atom. The van der Waals surface area contributed by atoms with Crippen LogP contribution in [0.4, 0.5) is 0 Å². The fourth-order valence-corrected chi connectivity index (χ4v) is 3.81. The van der Waals surface area contributed by atoms with Gasteiger partial charge in [0.1, 0.15) is 30.5 Å². The Morgan fingerprint density at radius 1 is 0.862 bits per heavy atom. The van der Waals surface area contributed by atoms with E-state index < -0.39 is 37.1 Å². The SMILES string of the molecule is O=C1c2ccccc2C(=O)N1Cc1cccc(C2O[C@H](CO)[C@@H](O)C(O)[C@H]2O)c1. The summed E-state index contributed by atoms with van der Waals surface area (Å²) in [5.41, 5.74) is 1.86. The van der Waals surface area contributed by atoms with Crippen molar-refractivity contribution < 1.29 is 34.8 Å². The normalized spacial score (nSPS) is 29.2. The van der Waals surface area contributed by atoms with Gasteiger partial charge in [0.15, 0.2) is 0 Å². The van der Waals surface area contributed by atoms with Gasteiger partial charge in [-0.05, 0) is 23.3 Å². The maximum atomic E-state index is 12.6. The lowest BCUT2D eigenvalue weighted by Crippen LogP contribution is -2.55. The number of nitrogens with zero attached hydrogens (tertiary/aromatic N) is 1. The molecule has 2 aliphatic rings. The molecule has 4 rings (SSSR count). The van der Waals surface area contributed by atoms with E-state index in [4.69, 9.17) is 4.74 Å². The fourth-order valence-electron chi connectivity index (χ4n) is 3.81. The van der Waals surface area contributed by atoms with Crippen molar-refractivity contribution in [2.75, 3.05) is 6.61 Å². The predicted octanol–water partition coefficient (Wildman–Crippen LogP) is -0.00230. The number of carbonyl (C=O) groups excluding carboxylic acids is 2. The van der Waals surface area contributed by atoms with Crippen LogP contribution in [0.1, 0.15) is 37.9 Å². The number of imide groups is 1. The molecule has 5 atom stereocenters. The molecule has 0 aromatic heterocycles. The van der Waals surface area contributed by atoms with Crippen molar-refractivity contribution in [1.82, 2.24) is 4.90 Å². The third-order valence-corrected chi connectivity index (χ3v) is 5.39. The quantitative estimate of drug-likeness (QED) is 0.533. The van der Waals surface area contributed by atoms with Gasteiger partial charge in [-0.15, -0.1) is 0 Å². The minimum absolute atomic E-state index is 0.0393. The third-order valence-electron chi connectivity index (χ3n) is 5.39. The number of fused-ring (bicyclic) bond motifs is 1. The molecule has 8 nitrogen and oxygen atoms in total. The van der Waals surface area contributed by atoms with E-state index in [1.54, 1.807) is 48.5 Å². The molecule has 1 fully saturated rings. The second-order valence-corrected chi connectivity index (χ2v) is 7.24. The molecule has 2 aromatic carbocycles. The van der Waals surface area contributed by atoms with Gasteiger partial charge >= 0.3 is 0 Å². The monoisotopic (exact) mass is 399 g/mol. The first-order chi connectivity index (χ1) is 13.9. The van der Waals surface area contributed by atoms with Crippen molar-refractivity contribution in [2.24, 2.45) is 0 Å². The number of aliphatic hydroxyl groups excluding tert-OH is 4. The second-order valence-electron chi connectivity index (χ2n) is 7.24. The maximum absolute atomic E-state index is 12.6. The summed E-state index contributed by atoms with van der Waals surface area (Å²) in [5.74, 6) is -0.743. The van der Waals surface area contributed by atoms with Crippen LogP contribution in [-0.2, 0) is 11.3 Å². The summed E-state index contributed by atoms with van der Waals surface area (Å²) in [6.07, 6.45) is -6.31. The first-order valence-electron chi connectivity index (χ1n) is 9.27. The van der Waals surface area contributed by atoms with Crippen molar-refractivity contribution in [3.63, 3.8) is 0 Å². The van der Waals surface area contributed by atoms with E-state index in [0.717, 1.165) is 4.90 Å². The van der Waals surface area contributed by atoms with Crippen LogP contribution in [0.25, 0.3) is 0 Å². The van der Waals surface area contributed by atoms with Crippen LogP contribution < -0.4 is 0 Å². The molecule has 1 saturated heterocycles. The highest BCUT2D eigenvalue weighted by atomic mass is 16.5. The van der Waals surface area contributed by atoms with Gasteiger partial charge in [0.05, 0.1) is 24.3 Å². The van der Waals surface area contributed by atoms with Crippen molar-refractivity contribution in [3.05, 3.63) is 70.8 Å². The van der Waals surface area contributed by atoms with E-state index >= 15 is 0 Å². The summed E-state index contributed by atoms with van der Waals surface area (Å²) < 4.78 is 5.58. The van der Waals surface area contributed by atoms with E-state index in [2.05, 4.69) is 0 Å². The number of carbonyl (C=O) groups is 2. The van der Waals surface area contributed by atoms with Crippen LogP contribution in [0, 0.1) is 0 Å². The molecule has 2 unspecified atom stereocenters.